The van der Waals surface area contributed by atoms with Gasteiger partial charge in [0.1, 0.15) is 29.6 Å². The van der Waals surface area contributed by atoms with Gasteiger partial charge in [0.25, 0.3) is 5.56 Å². The van der Waals surface area contributed by atoms with Crippen LogP contribution in [0.5, 0.6) is 11.5 Å². The van der Waals surface area contributed by atoms with E-state index < -0.39 is 0 Å². The largest absolute Gasteiger partial charge is 0.497 e. The van der Waals surface area contributed by atoms with Crippen LogP contribution in [-0.2, 0) is 6.61 Å². The van der Waals surface area contributed by atoms with E-state index in [4.69, 9.17) is 9.47 Å². The van der Waals surface area contributed by atoms with E-state index in [1.165, 1.54) is 0 Å². The fourth-order valence-corrected chi connectivity index (χ4v) is 3.64. The highest BCUT2D eigenvalue weighted by molar-refractivity contribution is 5.77. The summed E-state index contributed by atoms with van der Waals surface area (Å²) in [6.45, 7) is 2.06. The average molecular weight is 439 g/mol. The van der Waals surface area contributed by atoms with E-state index >= 15 is 0 Å². The molecule has 33 heavy (non-hydrogen) atoms. The van der Waals surface area contributed by atoms with Crippen molar-refractivity contribution in [3.05, 3.63) is 101 Å². The lowest BCUT2D eigenvalue weighted by Gasteiger charge is -2.12. The fraction of sp³-hybridized carbons (Fsp3) is 0.120. The van der Waals surface area contributed by atoms with E-state index in [0.717, 1.165) is 11.4 Å². The van der Waals surface area contributed by atoms with Gasteiger partial charge < -0.3 is 9.47 Å². The number of nitrogens with zero attached hydrogens (tertiary/aromatic N) is 5. The number of hydrogen-bond donors (Lipinski definition) is 0. The van der Waals surface area contributed by atoms with Gasteiger partial charge in [0, 0.05) is 6.07 Å². The van der Waals surface area contributed by atoms with Crippen molar-refractivity contribution < 1.29 is 9.47 Å². The van der Waals surface area contributed by atoms with E-state index in [9.17, 15) is 4.79 Å². The highest BCUT2D eigenvalue weighted by Crippen LogP contribution is 2.20. The maximum Gasteiger partial charge on any atom is 0.265 e. The molecule has 0 fully saturated rings. The third-order valence-electron chi connectivity index (χ3n) is 5.28. The molecule has 0 radical (unpaired) electrons. The van der Waals surface area contributed by atoms with Gasteiger partial charge in [-0.2, -0.15) is 0 Å². The van der Waals surface area contributed by atoms with E-state index in [-0.39, 0.29) is 12.2 Å². The van der Waals surface area contributed by atoms with Crippen LogP contribution < -0.4 is 15.0 Å². The van der Waals surface area contributed by atoms with Crippen molar-refractivity contribution in [2.24, 2.45) is 0 Å². The zero-order chi connectivity index (χ0) is 22.8. The summed E-state index contributed by atoms with van der Waals surface area (Å²) in [5.74, 6) is 2.00. The molecular formula is C25H21N5O3. The molecule has 0 N–H and O–H groups in total. The van der Waals surface area contributed by atoms with Gasteiger partial charge in [-0.1, -0.05) is 23.4 Å². The maximum atomic E-state index is 13.1. The molecule has 0 atom stereocenters. The smallest absolute Gasteiger partial charge is 0.265 e. The van der Waals surface area contributed by atoms with Gasteiger partial charge in [-0.05, 0) is 55.5 Å². The number of para-hydroxylation sites is 1. The first-order valence-electron chi connectivity index (χ1n) is 10.4. The summed E-state index contributed by atoms with van der Waals surface area (Å²) in [6, 6.07) is 22.2. The topological polar surface area (TPSA) is 84.1 Å². The highest BCUT2D eigenvalue weighted by Gasteiger charge is 2.11. The Morgan fingerprint density at radius 1 is 0.909 bits per heavy atom. The Bertz CT molecular complexity index is 1490. The van der Waals surface area contributed by atoms with Gasteiger partial charge in [-0.15, -0.1) is 5.10 Å². The number of aryl methyl sites for hydroxylation is 1. The van der Waals surface area contributed by atoms with Crippen LogP contribution in [0.15, 0.2) is 83.8 Å². The first kappa shape index (κ1) is 20.4. The first-order chi connectivity index (χ1) is 16.1. The fourth-order valence-electron chi connectivity index (χ4n) is 3.64. The Morgan fingerprint density at radius 2 is 1.73 bits per heavy atom. The Labute approximate surface area is 189 Å². The van der Waals surface area contributed by atoms with Crippen LogP contribution in [0.1, 0.15) is 11.5 Å². The lowest BCUT2D eigenvalue weighted by Crippen LogP contribution is -2.22. The number of benzene rings is 3. The van der Waals surface area contributed by atoms with Crippen molar-refractivity contribution in [1.29, 1.82) is 0 Å². The highest BCUT2D eigenvalue weighted by atomic mass is 16.5. The molecule has 0 aliphatic heterocycles. The van der Waals surface area contributed by atoms with Crippen LogP contribution in [0, 0.1) is 6.92 Å². The molecule has 5 rings (SSSR count). The summed E-state index contributed by atoms with van der Waals surface area (Å²) < 4.78 is 14.4. The zero-order valence-corrected chi connectivity index (χ0v) is 18.2. The van der Waals surface area contributed by atoms with Crippen molar-refractivity contribution in [3.8, 4) is 22.9 Å². The molecule has 0 unspecified atom stereocenters. The summed E-state index contributed by atoms with van der Waals surface area (Å²) in [6.07, 6.45) is 1.81. The quantitative estimate of drug-likeness (QED) is 0.399. The summed E-state index contributed by atoms with van der Waals surface area (Å²) in [4.78, 5) is 17.6. The minimum atomic E-state index is -0.113. The van der Waals surface area contributed by atoms with Gasteiger partial charge in [-0.25, -0.2) is 9.67 Å². The first-order valence-corrected chi connectivity index (χ1v) is 10.4. The van der Waals surface area contributed by atoms with Crippen LogP contribution in [0.2, 0.25) is 0 Å². The molecule has 164 valence electrons. The second-order valence-corrected chi connectivity index (χ2v) is 7.46. The second-order valence-electron chi connectivity index (χ2n) is 7.46. The molecule has 0 aliphatic carbocycles. The van der Waals surface area contributed by atoms with Crippen molar-refractivity contribution in [2.45, 2.75) is 13.5 Å². The summed E-state index contributed by atoms with van der Waals surface area (Å²) in [5, 5.41) is 8.92. The van der Waals surface area contributed by atoms with Crippen molar-refractivity contribution in [1.82, 2.24) is 24.5 Å². The Kier molecular flexibility index (Phi) is 5.32. The number of methoxy groups -OCH3 is 1. The van der Waals surface area contributed by atoms with Crippen LogP contribution in [0.3, 0.4) is 0 Å². The lowest BCUT2D eigenvalue weighted by atomic mass is 10.2. The minimum Gasteiger partial charge on any atom is -0.497 e. The Hall–Kier alpha value is -4.46. The molecule has 5 aromatic rings. The molecule has 0 saturated heterocycles. The molecular weight excluding hydrogens is 418 g/mol. The SMILES string of the molecule is COc1ccc(-n2cc(COc3cccc(-n4c(C)nc5ccccc5c4=O)c3)nn2)cc1. The van der Waals surface area contributed by atoms with Crippen LogP contribution in [-0.4, -0.2) is 31.7 Å². The molecule has 8 heteroatoms. The Morgan fingerprint density at radius 3 is 2.55 bits per heavy atom. The second kappa shape index (κ2) is 8.58. The van der Waals surface area contributed by atoms with Gasteiger partial charge in [0.15, 0.2) is 0 Å². The van der Waals surface area contributed by atoms with Crippen LogP contribution >= 0.6 is 0 Å². The van der Waals surface area contributed by atoms with E-state index in [0.29, 0.717) is 33.9 Å². The molecule has 0 aliphatic rings. The third-order valence-corrected chi connectivity index (χ3v) is 5.28. The molecule has 0 bridgehead atoms. The zero-order valence-electron chi connectivity index (χ0n) is 18.2. The minimum absolute atomic E-state index is 0.113. The molecule has 0 amide bonds. The molecule has 2 heterocycles. The third kappa shape index (κ3) is 4.06. The van der Waals surface area contributed by atoms with Crippen molar-refractivity contribution >= 4 is 10.9 Å². The standard InChI is InChI=1S/C25H21N5O3/c1-17-26-24-9-4-3-8-23(24)25(31)30(17)20-6-5-7-22(14-20)33-16-18-15-29(28-27-18)19-10-12-21(32-2)13-11-19/h3-15H,16H2,1-2H3. The molecule has 0 spiro atoms. The molecule has 0 saturated carbocycles. The van der Waals surface area contributed by atoms with Crippen molar-refractivity contribution in [2.75, 3.05) is 7.11 Å². The molecule has 3 aromatic carbocycles. The molecule has 8 nitrogen and oxygen atoms in total. The number of ether oxygens (including phenoxy) is 2. The monoisotopic (exact) mass is 439 g/mol. The van der Waals surface area contributed by atoms with Crippen molar-refractivity contribution in [3.63, 3.8) is 0 Å². The van der Waals surface area contributed by atoms with Gasteiger partial charge in [-0.3, -0.25) is 9.36 Å². The van der Waals surface area contributed by atoms with Crippen LogP contribution in [0.25, 0.3) is 22.3 Å². The van der Waals surface area contributed by atoms with Gasteiger partial charge >= 0.3 is 0 Å². The van der Waals surface area contributed by atoms with E-state index in [2.05, 4.69) is 15.3 Å². The van der Waals surface area contributed by atoms with E-state index in [1.807, 2.05) is 79.9 Å². The molecule has 2 aromatic heterocycles. The van der Waals surface area contributed by atoms with Gasteiger partial charge in [0.05, 0.1) is 35.6 Å². The predicted octanol–water partition coefficient (Wildman–Crippen LogP) is 3.86. The normalized spacial score (nSPS) is 11.0. The summed E-state index contributed by atoms with van der Waals surface area (Å²) in [5.41, 5.74) is 2.81. The predicted molar refractivity (Wildman–Crippen MR) is 124 cm³/mol. The maximum absolute atomic E-state index is 13.1. The van der Waals surface area contributed by atoms with Crippen LogP contribution in [0.4, 0.5) is 0 Å². The number of hydrogen-bond acceptors (Lipinski definition) is 6. The number of fused-ring (bicyclic) bond motifs is 1. The average Bonchev–Trinajstić information content (AvgIpc) is 3.32. The lowest BCUT2D eigenvalue weighted by molar-refractivity contribution is 0.301. The number of rotatable bonds is 6. The summed E-state index contributed by atoms with van der Waals surface area (Å²) in [7, 11) is 1.63. The van der Waals surface area contributed by atoms with Gasteiger partial charge in [0.2, 0.25) is 0 Å². The Balaban J connectivity index is 1.36. The van der Waals surface area contributed by atoms with E-state index in [1.54, 1.807) is 22.4 Å². The summed E-state index contributed by atoms with van der Waals surface area (Å²) >= 11 is 0. The number of aromatic nitrogens is 5.